The Hall–Kier alpha value is -0.920. The number of pyridine rings is 1. The van der Waals surface area contributed by atoms with Crippen LogP contribution >= 0.6 is 15.9 Å². The molecular weight excluding hydrogens is 304 g/mol. The molecule has 2 rings (SSSR count). The summed E-state index contributed by atoms with van der Waals surface area (Å²) in [5.41, 5.74) is -0.0633. The Kier molecular flexibility index (Phi) is 4.95. The zero-order valence-electron chi connectivity index (χ0n) is 11.0. The Morgan fingerprint density at radius 2 is 1.84 bits per heavy atom. The molecular formula is C15H19BrN2O. The molecule has 102 valence electrons. The minimum absolute atomic E-state index is 0.602. The fourth-order valence-corrected chi connectivity index (χ4v) is 3.05. The van der Waals surface area contributed by atoms with Gasteiger partial charge in [-0.3, -0.25) is 4.98 Å². The molecule has 1 aromatic rings. The average Bonchev–Trinajstić information content (AvgIpc) is 2.39. The summed E-state index contributed by atoms with van der Waals surface area (Å²) in [6.07, 6.45) is 8.01. The molecule has 1 unspecified atom stereocenters. The first-order valence-corrected chi connectivity index (χ1v) is 7.68. The molecule has 1 aliphatic rings. The number of nitriles is 1. The van der Waals surface area contributed by atoms with Crippen LogP contribution < -0.4 is 0 Å². The van der Waals surface area contributed by atoms with Gasteiger partial charge in [-0.15, -0.1) is 0 Å². The molecule has 0 bridgehead atoms. The Morgan fingerprint density at radius 3 is 2.37 bits per heavy atom. The number of halogens is 1. The molecule has 1 N–H and O–H groups in total. The molecule has 1 saturated carbocycles. The highest BCUT2D eigenvalue weighted by Crippen LogP contribution is 2.43. The topological polar surface area (TPSA) is 56.9 Å². The highest BCUT2D eigenvalue weighted by atomic mass is 79.9. The van der Waals surface area contributed by atoms with Crippen LogP contribution in [-0.2, 0) is 0 Å². The molecule has 19 heavy (non-hydrogen) atoms. The predicted molar refractivity (Wildman–Crippen MR) is 77.3 cm³/mol. The van der Waals surface area contributed by atoms with E-state index in [1.165, 1.54) is 6.42 Å². The quantitative estimate of drug-likeness (QED) is 0.890. The number of nitrogens with zero attached hydrogens (tertiary/aromatic N) is 2. The second-order valence-corrected chi connectivity index (χ2v) is 6.26. The standard InChI is InChI=1S/C15H19BrN2O/c16-12-6-7-13(18-10-12)14(19)15(11-17)8-4-2-1-3-5-9-15/h6-7,10,14,19H,1-5,8-9H2. The number of hydrogen-bond donors (Lipinski definition) is 1. The van der Waals surface area contributed by atoms with Crippen molar-refractivity contribution < 1.29 is 5.11 Å². The maximum Gasteiger partial charge on any atom is 0.114 e. The van der Waals surface area contributed by atoms with Gasteiger partial charge in [0, 0.05) is 10.7 Å². The van der Waals surface area contributed by atoms with Crippen molar-refractivity contribution in [1.82, 2.24) is 4.98 Å². The lowest BCUT2D eigenvalue weighted by Crippen LogP contribution is -2.29. The van der Waals surface area contributed by atoms with E-state index >= 15 is 0 Å². The second kappa shape index (κ2) is 6.49. The van der Waals surface area contributed by atoms with E-state index in [4.69, 9.17) is 0 Å². The summed E-state index contributed by atoms with van der Waals surface area (Å²) >= 11 is 3.33. The zero-order chi connectivity index (χ0) is 13.7. The summed E-state index contributed by atoms with van der Waals surface area (Å²) < 4.78 is 0.882. The molecule has 1 aromatic heterocycles. The summed E-state index contributed by atoms with van der Waals surface area (Å²) in [7, 11) is 0. The molecule has 4 heteroatoms. The Labute approximate surface area is 122 Å². The highest BCUT2D eigenvalue weighted by molar-refractivity contribution is 9.10. The third-order valence-electron chi connectivity index (χ3n) is 4.02. The molecule has 1 fully saturated rings. The Morgan fingerprint density at radius 1 is 1.21 bits per heavy atom. The van der Waals surface area contributed by atoms with E-state index in [9.17, 15) is 10.4 Å². The van der Waals surface area contributed by atoms with Crippen molar-refractivity contribution in [3.8, 4) is 6.07 Å². The monoisotopic (exact) mass is 322 g/mol. The van der Waals surface area contributed by atoms with Crippen LogP contribution in [0.25, 0.3) is 0 Å². The number of rotatable bonds is 2. The van der Waals surface area contributed by atoms with Crippen LogP contribution in [0.1, 0.15) is 56.7 Å². The molecule has 1 atom stereocenters. The van der Waals surface area contributed by atoms with Gasteiger partial charge in [0.05, 0.1) is 17.2 Å². The van der Waals surface area contributed by atoms with E-state index in [2.05, 4.69) is 27.0 Å². The third kappa shape index (κ3) is 3.34. The van der Waals surface area contributed by atoms with Gasteiger partial charge in [-0.25, -0.2) is 0 Å². The van der Waals surface area contributed by atoms with Crippen molar-refractivity contribution in [3.63, 3.8) is 0 Å². The van der Waals surface area contributed by atoms with Gasteiger partial charge in [0.25, 0.3) is 0 Å². The maximum absolute atomic E-state index is 10.6. The maximum atomic E-state index is 10.6. The summed E-state index contributed by atoms with van der Waals surface area (Å²) in [6.45, 7) is 0. The van der Waals surface area contributed by atoms with Gasteiger partial charge >= 0.3 is 0 Å². The average molecular weight is 323 g/mol. The van der Waals surface area contributed by atoms with Gasteiger partial charge in [0.1, 0.15) is 6.10 Å². The third-order valence-corrected chi connectivity index (χ3v) is 4.49. The Balaban J connectivity index is 2.23. The molecule has 3 nitrogen and oxygen atoms in total. The lowest BCUT2D eigenvalue weighted by molar-refractivity contribution is 0.0401. The van der Waals surface area contributed by atoms with Crippen LogP contribution in [0, 0.1) is 16.7 Å². The first-order valence-electron chi connectivity index (χ1n) is 6.89. The van der Waals surface area contributed by atoms with Crippen LogP contribution in [0.3, 0.4) is 0 Å². The summed E-state index contributed by atoms with van der Waals surface area (Å²) in [5, 5.41) is 20.2. The number of aliphatic hydroxyl groups is 1. The minimum atomic E-state index is -0.788. The largest absolute Gasteiger partial charge is 0.385 e. The van der Waals surface area contributed by atoms with Gasteiger partial charge in [0.15, 0.2) is 0 Å². The van der Waals surface area contributed by atoms with E-state index in [0.717, 1.165) is 43.0 Å². The van der Waals surface area contributed by atoms with Crippen LogP contribution in [-0.4, -0.2) is 10.1 Å². The second-order valence-electron chi connectivity index (χ2n) is 5.34. The van der Waals surface area contributed by atoms with E-state index in [1.54, 1.807) is 12.3 Å². The summed E-state index contributed by atoms with van der Waals surface area (Å²) in [5.74, 6) is 0. The van der Waals surface area contributed by atoms with Gasteiger partial charge in [-0.1, -0.05) is 32.1 Å². The summed E-state index contributed by atoms with van der Waals surface area (Å²) in [4.78, 5) is 4.25. The fraction of sp³-hybridized carbons (Fsp3) is 0.600. The molecule has 0 saturated heterocycles. The molecule has 0 spiro atoms. The van der Waals surface area contributed by atoms with E-state index in [1.807, 2.05) is 6.07 Å². The molecule has 1 aliphatic carbocycles. The predicted octanol–water partition coefficient (Wildman–Crippen LogP) is 4.13. The van der Waals surface area contributed by atoms with Crippen LogP contribution in [0.4, 0.5) is 0 Å². The number of hydrogen-bond acceptors (Lipinski definition) is 3. The minimum Gasteiger partial charge on any atom is -0.385 e. The first kappa shape index (κ1) is 14.5. The lowest BCUT2D eigenvalue weighted by Gasteiger charge is -2.33. The Bertz CT molecular complexity index is 444. The van der Waals surface area contributed by atoms with Crippen molar-refractivity contribution in [1.29, 1.82) is 5.26 Å². The van der Waals surface area contributed by atoms with Crippen molar-refractivity contribution in [2.24, 2.45) is 5.41 Å². The van der Waals surface area contributed by atoms with E-state index in [-0.39, 0.29) is 0 Å². The number of aromatic nitrogens is 1. The van der Waals surface area contributed by atoms with Crippen molar-refractivity contribution in [2.45, 2.75) is 51.0 Å². The van der Waals surface area contributed by atoms with Crippen LogP contribution in [0.15, 0.2) is 22.8 Å². The van der Waals surface area contributed by atoms with Gasteiger partial charge in [-0.05, 0) is 40.9 Å². The van der Waals surface area contributed by atoms with Crippen LogP contribution in [0.2, 0.25) is 0 Å². The zero-order valence-corrected chi connectivity index (χ0v) is 12.6. The van der Waals surface area contributed by atoms with Gasteiger partial charge < -0.3 is 5.11 Å². The lowest BCUT2D eigenvalue weighted by atomic mass is 9.72. The summed E-state index contributed by atoms with van der Waals surface area (Å²) in [6, 6.07) is 6.06. The normalized spacial score (nSPS) is 20.9. The highest BCUT2D eigenvalue weighted by Gasteiger charge is 2.39. The van der Waals surface area contributed by atoms with Crippen molar-refractivity contribution >= 4 is 15.9 Å². The molecule has 1 heterocycles. The fourth-order valence-electron chi connectivity index (χ4n) is 2.81. The van der Waals surface area contributed by atoms with Crippen LogP contribution in [0.5, 0.6) is 0 Å². The van der Waals surface area contributed by atoms with Crippen molar-refractivity contribution in [2.75, 3.05) is 0 Å². The van der Waals surface area contributed by atoms with Gasteiger partial charge in [0.2, 0.25) is 0 Å². The van der Waals surface area contributed by atoms with E-state index < -0.39 is 11.5 Å². The molecule has 0 aliphatic heterocycles. The van der Waals surface area contributed by atoms with E-state index in [0.29, 0.717) is 5.69 Å². The van der Waals surface area contributed by atoms with Gasteiger partial charge in [-0.2, -0.15) is 5.26 Å². The smallest absolute Gasteiger partial charge is 0.114 e. The SMILES string of the molecule is N#CC1(C(O)c2ccc(Br)cn2)CCCCCCC1. The first-order chi connectivity index (χ1) is 9.18. The molecule has 0 aromatic carbocycles. The number of aliphatic hydroxyl groups excluding tert-OH is 1. The van der Waals surface area contributed by atoms with Crippen molar-refractivity contribution in [3.05, 3.63) is 28.5 Å². The molecule has 0 radical (unpaired) electrons. The molecule has 0 amide bonds.